The second-order valence-electron chi connectivity index (χ2n) is 5.45. The highest BCUT2D eigenvalue weighted by atomic mass is 16.2. The molecule has 1 saturated carbocycles. The van der Waals surface area contributed by atoms with Gasteiger partial charge >= 0.3 is 0 Å². The van der Waals surface area contributed by atoms with E-state index in [0.29, 0.717) is 25.7 Å². The van der Waals surface area contributed by atoms with E-state index in [9.17, 15) is 9.59 Å². The molecule has 0 aliphatic heterocycles. The fourth-order valence-electron chi connectivity index (χ4n) is 2.74. The third kappa shape index (κ3) is 4.15. The predicted molar refractivity (Wildman–Crippen MR) is 79.0 cm³/mol. The van der Waals surface area contributed by atoms with Crippen LogP contribution in [0.15, 0.2) is 24.8 Å². The van der Waals surface area contributed by atoms with Gasteiger partial charge in [0, 0.05) is 12.8 Å². The first-order valence-electron chi connectivity index (χ1n) is 7.50. The summed E-state index contributed by atoms with van der Waals surface area (Å²) in [5.74, 6) is 0.226. The van der Waals surface area contributed by atoms with Gasteiger partial charge in [0.25, 0.3) is 0 Å². The van der Waals surface area contributed by atoms with Crippen LogP contribution < -0.4 is 0 Å². The summed E-state index contributed by atoms with van der Waals surface area (Å²) in [6, 6.07) is 0. The van der Waals surface area contributed by atoms with Crippen molar-refractivity contribution in [3.05, 3.63) is 24.8 Å². The Bertz CT molecular complexity index is 336. The summed E-state index contributed by atoms with van der Waals surface area (Å²) in [7, 11) is 0. The van der Waals surface area contributed by atoms with Crippen molar-refractivity contribution in [2.24, 2.45) is 5.41 Å². The average Bonchev–Trinajstić information content (AvgIpc) is 2.39. The van der Waals surface area contributed by atoms with Crippen LogP contribution in [0.5, 0.6) is 0 Å². The first kappa shape index (κ1) is 15.9. The van der Waals surface area contributed by atoms with Crippen molar-refractivity contribution in [3.8, 4) is 0 Å². The van der Waals surface area contributed by atoms with Crippen LogP contribution in [0.1, 0.15) is 64.7 Å². The predicted octanol–water partition coefficient (Wildman–Crippen LogP) is 4.40. The van der Waals surface area contributed by atoms with Crippen molar-refractivity contribution in [1.82, 2.24) is 0 Å². The third-order valence-corrected chi connectivity index (χ3v) is 3.98. The molecule has 0 aromatic carbocycles. The molecule has 0 amide bonds. The Morgan fingerprint density at radius 3 is 2.37 bits per heavy atom. The van der Waals surface area contributed by atoms with Crippen LogP contribution in [0, 0.1) is 5.41 Å². The van der Waals surface area contributed by atoms with E-state index in [-0.39, 0.29) is 11.6 Å². The minimum Gasteiger partial charge on any atom is -0.299 e. The van der Waals surface area contributed by atoms with Crippen molar-refractivity contribution >= 4 is 11.6 Å². The minimum absolute atomic E-state index is 0.113. The van der Waals surface area contributed by atoms with Crippen molar-refractivity contribution in [3.63, 3.8) is 0 Å². The molecular formula is C17H26O2. The highest BCUT2D eigenvalue weighted by Crippen LogP contribution is 2.37. The van der Waals surface area contributed by atoms with Gasteiger partial charge in [0.15, 0.2) is 0 Å². The molecule has 2 heteroatoms. The molecule has 1 aliphatic rings. The van der Waals surface area contributed by atoms with Crippen LogP contribution in [0.25, 0.3) is 0 Å². The third-order valence-electron chi connectivity index (χ3n) is 3.98. The second-order valence-corrected chi connectivity index (χ2v) is 5.45. The van der Waals surface area contributed by atoms with Crippen molar-refractivity contribution in [2.75, 3.05) is 0 Å². The zero-order chi connectivity index (χ0) is 14.1. The topological polar surface area (TPSA) is 34.1 Å². The molecule has 0 spiro atoms. The molecule has 0 atom stereocenters. The number of unbranched alkanes of at least 4 members (excludes halogenated alkanes) is 3. The molecule has 1 rings (SSSR count). The van der Waals surface area contributed by atoms with E-state index < -0.39 is 5.41 Å². The van der Waals surface area contributed by atoms with E-state index in [4.69, 9.17) is 0 Å². The number of hydrogen-bond acceptors (Lipinski definition) is 2. The molecule has 0 N–H and O–H groups in total. The van der Waals surface area contributed by atoms with E-state index in [1.807, 2.05) is 6.08 Å². The molecule has 0 unspecified atom stereocenters. The van der Waals surface area contributed by atoms with Gasteiger partial charge in [-0.3, -0.25) is 9.59 Å². The fourth-order valence-corrected chi connectivity index (χ4v) is 2.74. The lowest BCUT2D eigenvalue weighted by atomic mass is 9.67. The largest absolute Gasteiger partial charge is 0.299 e. The molecule has 0 heterocycles. The Hall–Kier alpha value is -1.18. The number of carbonyl (C=O) groups excluding carboxylic acids is 2. The maximum atomic E-state index is 12.2. The zero-order valence-corrected chi connectivity index (χ0v) is 12.1. The van der Waals surface area contributed by atoms with Crippen molar-refractivity contribution < 1.29 is 9.59 Å². The SMILES string of the molecule is C=CCC1(CC=CCCCCC)C(=O)CCCC1=O. The number of ketones is 2. The van der Waals surface area contributed by atoms with E-state index in [1.165, 1.54) is 19.3 Å². The fraction of sp³-hybridized carbons (Fsp3) is 0.647. The molecule has 0 saturated heterocycles. The molecule has 0 bridgehead atoms. The van der Waals surface area contributed by atoms with Crippen LogP contribution in [0.4, 0.5) is 0 Å². The lowest BCUT2D eigenvalue weighted by Gasteiger charge is -2.32. The van der Waals surface area contributed by atoms with E-state index in [2.05, 4.69) is 19.6 Å². The Morgan fingerprint density at radius 1 is 1.11 bits per heavy atom. The molecule has 19 heavy (non-hydrogen) atoms. The number of hydrogen-bond donors (Lipinski definition) is 0. The van der Waals surface area contributed by atoms with Gasteiger partial charge in [-0.2, -0.15) is 0 Å². The molecule has 0 radical (unpaired) electrons. The van der Waals surface area contributed by atoms with Gasteiger partial charge in [-0.05, 0) is 32.1 Å². The Balaban J connectivity index is 2.63. The van der Waals surface area contributed by atoms with Crippen LogP contribution >= 0.6 is 0 Å². The maximum Gasteiger partial charge on any atom is 0.147 e. The average molecular weight is 262 g/mol. The van der Waals surface area contributed by atoms with Gasteiger partial charge in [-0.1, -0.05) is 38.0 Å². The van der Waals surface area contributed by atoms with E-state index >= 15 is 0 Å². The van der Waals surface area contributed by atoms with Crippen molar-refractivity contribution in [1.29, 1.82) is 0 Å². The molecular weight excluding hydrogens is 236 g/mol. The van der Waals surface area contributed by atoms with Gasteiger partial charge in [0.05, 0.1) is 5.41 Å². The highest BCUT2D eigenvalue weighted by Gasteiger charge is 2.44. The standard InChI is InChI=1S/C17H26O2/c1-3-5-6-7-8-9-14-17(13-4-2)15(18)11-10-12-16(17)19/h4,8-9H,2-3,5-7,10-14H2,1H3. The Kier molecular flexibility index (Phi) is 6.75. The molecule has 2 nitrogen and oxygen atoms in total. The number of Topliss-reactive ketones (excluding diaryl/α,β-unsaturated/α-hetero) is 2. The zero-order valence-electron chi connectivity index (χ0n) is 12.1. The van der Waals surface area contributed by atoms with Crippen molar-refractivity contribution in [2.45, 2.75) is 64.7 Å². The first-order chi connectivity index (χ1) is 9.17. The summed E-state index contributed by atoms with van der Waals surface area (Å²) in [5.41, 5.74) is -0.790. The number of allylic oxidation sites excluding steroid dienone is 3. The lowest BCUT2D eigenvalue weighted by molar-refractivity contribution is -0.143. The number of carbonyl (C=O) groups is 2. The minimum atomic E-state index is -0.790. The molecule has 1 aliphatic carbocycles. The lowest BCUT2D eigenvalue weighted by Crippen LogP contribution is -2.41. The van der Waals surface area contributed by atoms with Crippen LogP contribution in [0.3, 0.4) is 0 Å². The monoisotopic (exact) mass is 262 g/mol. The van der Waals surface area contributed by atoms with E-state index in [0.717, 1.165) is 12.8 Å². The Labute approximate surface area is 117 Å². The van der Waals surface area contributed by atoms with E-state index in [1.54, 1.807) is 6.08 Å². The van der Waals surface area contributed by atoms with Crippen LogP contribution in [-0.2, 0) is 9.59 Å². The normalized spacial score (nSPS) is 19.0. The second kappa shape index (κ2) is 8.08. The summed E-state index contributed by atoms with van der Waals surface area (Å²) in [5, 5.41) is 0. The molecule has 0 aromatic rings. The van der Waals surface area contributed by atoms with Crippen LogP contribution in [-0.4, -0.2) is 11.6 Å². The van der Waals surface area contributed by atoms with Gasteiger partial charge in [-0.15, -0.1) is 6.58 Å². The maximum absolute atomic E-state index is 12.2. The quantitative estimate of drug-likeness (QED) is 0.369. The summed E-state index contributed by atoms with van der Waals surface area (Å²) < 4.78 is 0. The summed E-state index contributed by atoms with van der Waals surface area (Å²) in [4.78, 5) is 24.4. The number of rotatable bonds is 8. The first-order valence-corrected chi connectivity index (χ1v) is 7.50. The Morgan fingerprint density at radius 2 is 1.79 bits per heavy atom. The summed E-state index contributed by atoms with van der Waals surface area (Å²) in [6.45, 7) is 5.89. The smallest absolute Gasteiger partial charge is 0.147 e. The summed E-state index contributed by atoms with van der Waals surface area (Å²) in [6.07, 6.45) is 13.4. The van der Waals surface area contributed by atoms with Gasteiger partial charge < -0.3 is 0 Å². The molecule has 0 aromatic heterocycles. The summed E-state index contributed by atoms with van der Waals surface area (Å²) >= 11 is 0. The van der Waals surface area contributed by atoms with Gasteiger partial charge in [0.1, 0.15) is 11.6 Å². The van der Waals surface area contributed by atoms with Gasteiger partial charge in [0.2, 0.25) is 0 Å². The molecule has 1 fully saturated rings. The highest BCUT2D eigenvalue weighted by molar-refractivity contribution is 6.09. The van der Waals surface area contributed by atoms with Gasteiger partial charge in [-0.25, -0.2) is 0 Å². The van der Waals surface area contributed by atoms with Crippen LogP contribution in [0.2, 0.25) is 0 Å². The molecule has 106 valence electrons.